The number of hydrogen-bond acceptors (Lipinski definition) is 4. The van der Waals surface area contributed by atoms with Crippen molar-refractivity contribution < 1.29 is 19.7 Å². The largest absolute Gasteiger partial charge is 0.394 e. The Kier molecular flexibility index (Phi) is 6.09. The molecule has 1 fully saturated rings. The number of aliphatic hydroxyl groups is 2. The molecule has 1 aliphatic rings. The van der Waals surface area contributed by atoms with Crippen LogP contribution in [0.5, 0.6) is 0 Å². The number of hydrogen-bond donors (Lipinski definition) is 2. The molecule has 3 atom stereocenters. The van der Waals surface area contributed by atoms with Crippen molar-refractivity contribution in [2.24, 2.45) is 0 Å². The third-order valence-corrected chi connectivity index (χ3v) is 5.15. The second kappa shape index (κ2) is 8.31. The second-order valence-corrected chi connectivity index (χ2v) is 7.24. The van der Waals surface area contributed by atoms with Crippen molar-refractivity contribution >= 4 is 17.4 Å². The summed E-state index contributed by atoms with van der Waals surface area (Å²) in [5, 5.41) is 20.0. The lowest BCUT2D eigenvalue weighted by atomic mass is 9.94. The smallest absolute Gasteiger partial charge is 0.159 e. The minimum absolute atomic E-state index is 0.0445. The van der Waals surface area contributed by atoms with Gasteiger partial charge in [-0.05, 0) is 36.1 Å². The maximum atomic E-state index is 11.4. The molecule has 0 bridgehead atoms. The van der Waals surface area contributed by atoms with E-state index < -0.39 is 6.10 Å². The van der Waals surface area contributed by atoms with Gasteiger partial charge in [0.1, 0.15) is 0 Å². The van der Waals surface area contributed by atoms with Crippen LogP contribution >= 0.6 is 11.6 Å². The number of Topliss-reactive ketones (excluding diaryl/α,β-unsaturated/α-hetero) is 1. The van der Waals surface area contributed by atoms with Gasteiger partial charge in [0.15, 0.2) is 5.78 Å². The molecular weight excluding hydrogens is 352 g/mol. The van der Waals surface area contributed by atoms with E-state index in [-0.39, 0.29) is 24.6 Å². The van der Waals surface area contributed by atoms with Crippen LogP contribution in [-0.4, -0.2) is 34.8 Å². The molecule has 0 saturated carbocycles. The van der Waals surface area contributed by atoms with Gasteiger partial charge in [0.25, 0.3) is 0 Å². The molecule has 4 nitrogen and oxygen atoms in total. The number of aliphatic hydroxyl groups excluding tert-OH is 2. The molecule has 1 aliphatic heterocycles. The highest BCUT2D eigenvalue weighted by Crippen LogP contribution is 2.33. The lowest BCUT2D eigenvalue weighted by molar-refractivity contribution is -0.113. The minimum Gasteiger partial charge on any atom is -0.394 e. The first-order chi connectivity index (χ1) is 12.5. The van der Waals surface area contributed by atoms with E-state index in [1.807, 2.05) is 42.5 Å². The molecule has 1 heterocycles. The Balaban J connectivity index is 1.80. The van der Waals surface area contributed by atoms with Crippen molar-refractivity contribution in [3.63, 3.8) is 0 Å². The highest BCUT2D eigenvalue weighted by atomic mass is 35.5. The number of carbonyl (C=O) groups is 1. The predicted molar refractivity (Wildman–Crippen MR) is 101 cm³/mol. The summed E-state index contributed by atoms with van der Waals surface area (Å²) in [7, 11) is 0. The fraction of sp³-hybridized carbons (Fsp3) is 0.381. The van der Waals surface area contributed by atoms with Gasteiger partial charge in [-0.3, -0.25) is 4.79 Å². The first-order valence-corrected chi connectivity index (χ1v) is 9.16. The van der Waals surface area contributed by atoms with Crippen LogP contribution in [-0.2, 0) is 11.2 Å². The van der Waals surface area contributed by atoms with E-state index in [0.717, 1.165) is 16.7 Å². The van der Waals surface area contributed by atoms with Gasteiger partial charge in [-0.2, -0.15) is 0 Å². The van der Waals surface area contributed by atoms with E-state index in [0.29, 0.717) is 29.8 Å². The molecule has 5 heteroatoms. The monoisotopic (exact) mass is 374 g/mol. The summed E-state index contributed by atoms with van der Waals surface area (Å²) in [5.74, 6) is 0.0445. The molecule has 26 heavy (non-hydrogen) atoms. The van der Waals surface area contributed by atoms with Gasteiger partial charge in [0.05, 0.1) is 24.9 Å². The maximum Gasteiger partial charge on any atom is 0.159 e. The Morgan fingerprint density at radius 2 is 1.92 bits per heavy atom. The molecule has 2 aromatic carbocycles. The first-order valence-electron chi connectivity index (χ1n) is 8.79. The van der Waals surface area contributed by atoms with Crippen LogP contribution in [0.15, 0.2) is 42.5 Å². The van der Waals surface area contributed by atoms with Crippen LogP contribution in [0.3, 0.4) is 0 Å². The van der Waals surface area contributed by atoms with Crippen LogP contribution in [0.4, 0.5) is 0 Å². The van der Waals surface area contributed by atoms with E-state index in [4.69, 9.17) is 16.3 Å². The first kappa shape index (κ1) is 19.1. The molecule has 0 aromatic heterocycles. The van der Waals surface area contributed by atoms with Crippen molar-refractivity contribution in [2.75, 3.05) is 6.61 Å². The summed E-state index contributed by atoms with van der Waals surface area (Å²) in [4.78, 5) is 11.4. The van der Waals surface area contributed by atoms with E-state index in [9.17, 15) is 15.0 Å². The van der Waals surface area contributed by atoms with Gasteiger partial charge in [0.2, 0.25) is 0 Å². The Bertz CT molecular complexity index is 772. The number of rotatable bonds is 5. The fourth-order valence-corrected chi connectivity index (χ4v) is 3.51. The summed E-state index contributed by atoms with van der Waals surface area (Å²) in [6.45, 7) is 1.45. The average molecular weight is 375 g/mol. The summed E-state index contributed by atoms with van der Waals surface area (Å²) in [5.41, 5.74) is 3.66. The van der Waals surface area contributed by atoms with E-state index in [1.165, 1.54) is 0 Å². The van der Waals surface area contributed by atoms with Crippen molar-refractivity contribution in [1.29, 1.82) is 0 Å². The van der Waals surface area contributed by atoms with Crippen LogP contribution in [0.1, 0.15) is 52.9 Å². The normalized spacial score (nSPS) is 23.0. The van der Waals surface area contributed by atoms with Crippen molar-refractivity contribution in [2.45, 2.75) is 44.5 Å². The van der Waals surface area contributed by atoms with Crippen LogP contribution in [0.2, 0.25) is 5.02 Å². The molecule has 0 spiro atoms. The zero-order valence-corrected chi connectivity index (χ0v) is 15.4. The number of benzene rings is 2. The van der Waals surface area contributed by atoms with Crippen LogP contribution in [0, 0.1) is 0 Å². The van der Waals surface area contributed by atoms with Gasteiger partial charge in [-0.25, -0.2) is 0 Å². The number of halogens is 1. The third-order valence-electron chi connectivity index (χ3n) is 4.78. The SMILES string of the molecule is CC(=O)c1ccc(Cc2cc(C3CC(O)CC(CO)O3)ccc2Cl)cc1. The van der Waals surface area contributed by atoms with Crippen LogP contribution < -0.4 is 0 Å². The van der Waals surface area contributed by atoms with Gasteiger partial charge in [0, 0.05) is 23.4 Å². The molecule has 1 saturated heterocycles. The Hall–Kier alpha value is -1.72. The van der Waals surface area contributed by atoms with Crippen LogP contribution in [0.25, 0.3) is 0 Å². The molecule has 3 rings (SSSR count). The standard InChI is InChI=1S/C21H23ClO4/c1-13(24)15-4-2-14(3-5-15)8-17-9-16(6-7-20(17)22)21-11-18(25)10-19(12-23)26-21/h2-7,9,18-19,21,23,25H,8,10-12H2,1H3. The lowest BCUT2D eigenvalue weighted by Crippen LogP contribution is -2.33. The molecule has 3 unspecified atom stereocenters. The predicted octanol–water partition coefficient (Wildman–Crippen LogP) is 3.71. The molecule has 138 valence electrons. The molecule has 2 N–H and O–H groups in total. The van der Waals surface area contributed by atoms with Gasteiger partial charge in [-0.1, -0.05) is 48.0 Å². The van der Waals surface area contributed by atoms with Crippen molar-refractivity contribution in [3.8, 4) is 0 Å². The zero-order chi connectivity index (χ0) is 18.7. The Labute approximate surface area is 158 Å². The minimum atomic E-state index is -0.482. The third kappa shape index (κ3) is 4.51. The van der Waals surface area contributed by atoms with E-state index >= 15 is 0 Å². The number of ketones is 1. The van der Waals surface area contributed by atoms with Gasteiger partial charge >= 0.3 is 0 Å². The highest BCUT2D eigenvalue weighted by molar-refractivity contribution is 6.31. The molecule has 0 aliphatic carbocycles. The van der Waals surface area contributed by atoms with Crippen molar-refractivity contribution in [3.05, 3.63) is 69.7 Å². The lowest BCUT2D eigenvalue weighted by Gasteiger charge is -2.32. The summed E-state index contributed by atoms with van der Waals surface area (Å²) < 4.78 is 5.89. The quantitative estimate of drug-likeness (QED) is 0.783. The van der Waals surface area contributed by atoms with Crippen molar-refractivity contribution in [1.82, 2.24) is 0 Å². The number of ether oxygens (including phenoxy) is 1. The molecule has 0 radical (unpaired) electrons. The average Bonchev–Trinajstić information content (AvgIpc) is 2.63. The Morgan fingerprint density at radius 1 is 1.19 bits per heavy atom. The molecular formula is C21H23ClO4. The Morgan fingerprint density at radius 3 is 2.58 bits per heavy atom. The fourth-order valence-electron chi connectivity index (χ4n) is 3.33. The zero-order valence-electron chi connectivity index (χ0n) is 14.7. The second-order valence-electron chi connectivity index (χ2n) is 6.84. The number of carbonyl (C=O) groups excluding carboxylic acids is 1. The topological polar surface area (TPSA) is 66.8 Å². The van der Waals surface area contributed by atoms with E-state index in [2.05, 4.69) is 0 Å². The summed E-state index contributed by atoms with van der Waals surface area (Å²) in [6.07, 6.45) is 0.517. The summed E-state index contributed by atoms with van der Waals surface area (Å²) >= 11 is 6.37. The maximum absolute atomic E-state index is 11.4. The summed E-state index contributed by atoms with van der Waals surface area (Å²) in [6, 6.07) is 13.3. The highest BCUT2D eigenvalue weighted by Gasteiger charge is 2.29. The van der Waals surface area contributed by atoms with Gasteiger partial charge < -0.3 is 14.9 Å². The molecule has 2 aromatic rings. The van der Waals surface area contributed by atoms with E-state index in [1.54, 1.807) is 6.92 Å². The molecule has 0 amide bonds. The van der Waals surface area contributed by atoms with Gasteiger partial charge in [-0.15, -0.1) is 0 Å².